The van der Waals surface area contributed by atoms with Gasteiger partial charge in [0.25, 0.3) is 0 Å². The molecule has 0 bridgehead atoms. The van der Waals surface area contributed by atoms with Crippen LogP contribution >= 0.6 is 0 Å². The van der Waals surface area contributed by atoms with Gasteiger partial charge in [0, 0.05) is 10.8 Å². The summed E-state index contributed by atoms with van der Waals surface area (Å²) in [4.78, 5) is 41.4. The van der Waals surface area contributed by atoms with Gasteiger partial charge < -0.3 is 15.7 Å². The number of hydrogen-bond donors (Lipinski definition) is 3. The maximum Gasteiger partial charge on any atom is 0.309 e. The molecule has 2 atom stereocenters. The molecule has 4 aromatic carbocycles. The standard InChI is InChI=1S/C38H40N2O4/c1-36(33(41)39-31(27-16-8-4-9-17-27)28-18-10-5-11-19-28)24-37(2,26-38(3,25-36)35(43)44)34(42)40-32(29-20-12-6-13-21-29)30-22-14-7-15-23-30/h4-23,31-32H,24-26H2,1-3H3,(H,39,41)(H,40,42)(H,43,44)/t36-,37-/m0/s1. The number of carboxylic acids is 1. The summed E-state index contributed by atoms with van der Waals surface area (Å²) in [6.07, 6.45) is 0.426. The topological polar surface area (TPSA) is 95.5 Å². The Hall–Kier alpha value is -4.71. The zero-order chi connectivity index (χ0) is 31.4. The lowest BCUT2D eigenvalue weighted by atomic mass is 9.53. The third-order valence-electron chi connectivity index (χ3n) is 9.04. The highest BCUT2D eigenvalue weighted by molar-refractivity contribution is 5.90. The first-order chi connectivity index (χ1) is 21.0. The molecule has 6 heteroatoms. The Labute approximate surface area is 259 Å². The molecule has 1 saturated carbocycles. The third kappa shape index (κ3) is 6.45. The minimum Gasteiger partial charge on any atom is -0.481 e. The zero-order valence-corrected chi connectivity index (χ0v) is 25.5. The molecule has 0 radical (unpaired) electrons. The summed E-state index contributed by atoms with van der Waals surface area (Å²) in [7, 11) is 0. The molecular weight excluding hydrogens is 548 g/mol. The Bertz CT molecular complexity index is 1400. The average Bonchev–Trinajstić information content (AvgIpc) is 3.03. The van der Waals surface area contributed by atoms with Gasteiger partial charge in [-0.1, -0.05) is 135 Å². The maximum atomic E-state index is 14.3. The highest BCUT2D eigenvalue weighted by Crippen LogP contribution is 2.55. The van der Waals surface area contributed by atoms with Crippen LogP contribution < -0.4 is 10.6 Å². The molecule has 6 nitrogen and oxygen atoms in total. The molecule has 226 valence electrons. The van der Waals surface area contributed by atoms with Crippen molar-refractivity contribution >= 4 is 17.8 Å². The first-order valence-corrected chi connectivity index (χ1v) is 15.1. The lowest BCUT2D eigenvalue weighted by Crippen LogP contribution is -2.56. The van der Waals surface area contributed by atoms with Gasteiger partial charge in [-0.05, 0) is 48.4 Å². The van der Waals surface area contributed by atoms with E-state index in [1.165, 1.54) is 0 Å². The van der Waals surface area contributed by atoms with E-state index in [-0.39, 0.29) is 31.1 Å². The average molecular weight is 589 g/mol. The number of amides is 2. The van der Waals surface area contributed by atoms with E-state index >= 15 is 0 Å². The summed E-state index contributed by atoms with van der Waals surface area (Å²) < 4.78 is 0. The number of aliphatic carboxylic acids is 1. The molecule has 0 aromatic heterocycles. The van der Waals surface area contributed by atoms with E-state index in [1.54, 1.807) is 20.8 Å². The third-order valence-corrected chi connectivity index (χ3v) is 9.04. The summed E-state index contributed by atoms with van der Waals surface area (Å²) in [5.41, 5.74) is 0.120. The van der Waals surface area contributed by atoms with Crippen LogP contribution in [-0.2, 0) is 14.4 Å². The summed E-state index contributed by atoms with van der Waals surface area (Å²) in [5, 5.41) is 16.9. The Morgan fingerprint density at radius 3 is 1.00 bits per heavy atom. The second kappa shape index (κ2) is 12.5. The molecular formula is C38H40N2O4. The first-order valence-electron chi connectivity index (χ1n) is 15.1. The second-order valence-corrected chi connectivity index (χ2v) is 13.0. The number of rotatable bonds is 9. The number of carbonyl (C=O) groups is 3. The van der Waals surface area contributed by atoms with Gasteiger partial charge in [0.2, 0.25) is 11.8 Å². The van der Waals surface area contributed by atoms with Crippen LogP contribution in [0.15, 0.2) is 121 Å². The summed E-state index contributed by atoms with van der Waals surface area (Å²) in [6, 6.07) is 38.0. The van der Waals surface area contributed by atoms with Gasteiger partial charge in [-0.2, -0.15) is 0 Å². The van der Waals surface area contributed by atoms with Crippen molar-refractivity contribution in [3.63, 3.8) is 0 Å². The van der Waals surface area contributed by atoms with Crippen LogP contribution in [0.4, 0.5) is 0 Å². The van der Waals surface area contributed by atoms with Gasteiger partial charge >= 0.3 is 5.97 Å². The van der Waals surface area contributed by atoms with Gasteiger partial charge in [-0.15, -0.1) is 0 Å². The summed E-state index contributed by atoms with van der Waals surface area (Å²) >= 11 is 0. The van der Waals surface area contributed by atoms with Crippen LogP contribution in [0.1, 0.15) is 74.4 Å². The van der Waals surface area contributed by atoms with Gasteiger partial charge in [0.15, 0.2) is 0 Å². The quantitative estimate of drug-likeness (QED) is 0.195. The molecule has 1 fully saturated rings. The highest BCUT2D eigenvalue weighted by atomic mass is 16.4. The number of benzene rings is 4. The van der Waals surface area contributed by atoms with Crippen molar-refractivity contribution < 1.29 is 19.5 Å². The minimum atomic E-state index is -1.29. The van der Waals surface area contributed by atoms with Gasteiger partial charge in [0.05, 0.1) is 17.5 Å². The fourth-order valence-corrected chi connectivity index (χ4v) is 7.15. The predicted octanol–water partition coefficient (Wildman–Crippen LogP) is 7.09. The Balaban J connectivity index is 1.48. The van der Waals surface area contributed by atoms with E-state index in [2.05, 4.69) is 10.6 Å². The lowest BCUT2D eigenvalue weighted by Gasteiger charge is -2.50. The van der Waals surface area contributed by atoms with E-state index < -0.39 is 34.3 Å². The van der Waals surface area contributed by atoms with E-state index in [0.29, 0.717) is 0 Å². The van der Waals surface area contributed by atoms with Crippen LogP contribution in [0.25, 0.3) is 0 Å². The number of carboxylic acid groups (broad SMARTS) is 1. The molecule has 4 aromatic rings. The van der Waals surface area contributed by atoms with Crippen molar-refractivity contribution in [3.05, 3.63) is 144 Å². The molecule has 0 aliphatic heterocycles. The molecule has 0 saturated heterocycles. The Kier molecular flexibility index (Phi) is 8.73. The van der Waals surface area contributed by atoms with Crippen LogP contribution in [0.2, 0.25) is 0 Å². The molecule has 44 heavy (non-hydrogen) atoms. The van der Waals surface area contributed by atoms with E-state index in [1.807, 2.05) is 121 Å². The van der Waals surface area contributed by atoms with Gasteiger partial charge in [0.1, 0.15) is 0 Å². The Morgan fingerprint density at radius 2 is 0.750 bits per heavy atom. The van der Waals surface area contributed by atoms with Gasteiger partial charge in [-0.3, -0.25) is 14.4 Å². The molecule has 3 N–H and O–H groups in total. The minimum absolute atomic E-state index is 0.112. The predicted molar refractivity (Wildman–Crippen MR) is 172 cm³/mol. The number of hydrogen-bond acceptors (Lipinski definition) is 3. The second-order valence-electron chi connectivity index (χ2n) is 13.0. The largest absolute Gasteiger partial charge is 0.481 e. The number of nitrogens with one attached hydrogen (secondary N) is 2. The molecule has 1 aliphatic rings. The fraction of sp³-hybridized carbons (Fsp3) is 0.289. The number of carbonyl (C=O) groups excluding carboxylic acids is 2. The van der Waals surface area contributed by atoms with E-state index in [4.69, 9.17) is 0 Å². The molecule has 0 unspecified atom stereocenters. The fourth-order valence-electron chi connectivity index (χ4n) is 7.15. The normalized spacial score (nSPS) is 23.2. The summed E-state index contributed by atoms with van der Waals surface area (Å²) in [5.74, 6) is -1.56. The van der Waals surface area contributed by atoms with Crippen LogP contribution in [0.3, 0.4) is 0 Å². The van der Waals surface area contributed by atoms with E-state index in [0.717, 1.165) is 22.3 Å². The maximum absolute atomic E-state index is 14.3. The zero-order valence-electron chi connectivity index (χ0n) is 25.5. The summed E-state index contributed by atoms with van der Waals surface area (Å²) in [6.45, 7) is 5.25. The highest BCUT2D eigenvalue weighted by Gasteiger charge is 2.58. The van der Waals surface area contributed by atoms with Crippen molar-refractivity contribution in [3.8, 4) is 0 Å². The van der Waals surface area contributed by atoms with Crippen LogP contribution in [0, 0.1) is 16.2 Å². The molecule has 2 amide bonds. The SMILES string of the molecule is CC1(C(=O)O)C[C@@](C)(C(=O)NC(c2ccccc2)c2ccccc2)C[C@](C)(C(=O)NC(c2ccccc2)c2ccccc2)C1. The van der Waals surface area contributed by atoms with Crippen molar-refractivity contribution in [1.29, 1.82) is 0 Å². The van der Waals surface area contributed by atoms with Crippen LogP contribution in [0.5, 0.6) is 0 Å². The molecule has 5 rings (SSSR count). The van der Waals surface area contributed by atoms with Crippen molar-refractivity contribution in [2.24, 2.45) is 16.2 Å². The molecule has 0 spiro atoms. The van der Waals surface area contributed by atoms with Gasteiger partial charge in [-0.25, -0.2) is 0 Å². The molecule has 1 aliphatic carbocycles. The van der Waals surface area contributed by atoms with Crippen molar-refractivity contribution in [1.82, 2.24) is 10.6 Å². The lowest BCUT2D eigenvalue weighted by molar-refractivity contribution is -0.163. The van der Waals surface area contributed by atoms with Crippen molar-refractivity contribution in [2.45, 2.75) is 52.1 Å². The monoisotopic (exact) mass is 588 g/mol. The smallest absolute Gasteiger partial charge is 0.309 e. The Morgan fingerprint density at radius 1 is 0.500 bits per heavy atom. The van der Waals surface area contributed by atoms with Crippen molar-refractivity contribution in [2.75, 3.05) is 0 Å². The first kappa shape index (κ1) is 30.7. The molecule has 0 heterocycles. The van der Waals surface area contributed by atoms with E-state index in [9.17, 15) is 19.5 Å². The van der Waals surface area contributed by atoms with Crippen LogP contribution in [-0.4, -0.2) is 22.9 Å².